The zero-order valence-corrected chi connectivity index (χ0v) is 10.1. The van der Waals surface area contributed by atoms with E-state index in [1.54, 1.807) is 0 Å². The Morgan fingerprint density at radius 2 is 1.59 bits per heavy atom. The number of halogens is 3. The molecule has 0 fully saturated rings. The van der Waals surface area contributed by atoms with Gasteiger partial charge in [0, 0.05) is 0 Å². The molecule has 1 aromatic carbocycles. The molecule has 0 aliphatic heterocycles. The summed E-state index contributed by atoms with van der Waals surface area (Å²) in [5, 5.41) is 0. The number of benzene rings is 1. The highest BCUT2D eigenvalue weighted by molar-refractivity contribution is 5.28. The lowest BCUT2D eigenvalue weighted by molar-refractivity contribution is -0.137. The number of alkyl halides is 3. The summed E-state index contributed by atoms with van der Waals surface area (Å²) in [5.74, 6) is 0.946. The molecule has 0 amide bonds. The van der Waals surface area contributed by atoms with Crippen molar-refractivity contribution in [1.82, 2.24) is 0 Å². The Morgan fingerprint density at radius 3 is 2.00 bits per heavy atom. The van der Waals surface area contributed by atoms with Crippen LogP contribution in [0, 0.1) is 5.92 Å². The van der Waals surface area contributed by atoms with Gasteiger partial charge in [-0.1, -0.05) is 26.7 Å². The van der Waals surface area contributed by atoms with E-state index in [0.29, 0.717) is 18.3 Å². The molecular weight excluding hydrogens is 229 g/mol. The van der Waals surface area contributed by atoms with Gasteiger partial charge in [-0.25, -0.2) is 0 Å². The van der Waals surface area contributed by atoms with Crippen LogP contribution in [0.15, 0.2) is 24.3 Å². The second-order valence-corrected chi connectivity index (χ2v) is 4.02. The molecule has 0 heterocycles. The van der Waals surface area contributed by atoms with E-state index in [2.05, 4.69) is 13.8 Å². The number of hydrogen-bond donors (Lipinski definition) is 0. The molecular formula is C13H17F3O. The van der Waals surface area contributed by atoms with Gasteiger partial charge in [-0.2, -0.15) is 13.2 Å². The van der Waals surface area contributed by atoms with Gasteiger partial charge in [0.05, 0.1) is 12.2 Å². The monoisotopic (exact) mass is 246 g/mol. The summed E-state index contributed by atoms with van der Waals surface area (Å²) in [5.41, 5.74) is -0.646. The summed E-state index contributed by atoms with van der Waals surface area (Å²) in [6, 6.07) is 4.82. The first kappa shape index (κ1) is 13.9. The van der Waals surface area contributed by atoms with Gasteiger partial charge in [-0.15, -0.1) is 0 Å². The van der Waals surface area contributed by atoms with Gasteiger partial charge in [-0.05, 0) is 30.2 Å². The van der Waals surface area contributed by atoms with Gasteiger partial charge in [0.2, 0.25) is 0 Å². The molecule has 0 saturated heterocycles. The largest absolute Gasteiger partial charge is 0.493 e. The normalized spacial score (nSPS) is 11.9. The molecule has 1 aromatic rings. The Hall–Kier alpha value is -1.19. The van der Waals surface area contributed by atoms with Gasteiger partial charge in [-0.3, -0.25) is 0 Å². The van der Waals surface area contributed by atoms with E-state index in [4.69, 9.17) is 4.74 Å². The molecule has 0 radical (unpaired) electrons. The first-order chi connectivity index (χ1) is 7.97. The summed E-state index contributed by atoms with van der Waals surface area (Å²) in [6.07, 6.45) is -2.26. The third-order valence-corrected chi connectivity index (χ3v) is 2.82. The quantitative estimate of drug-likeness (QED) is 0.742. The lowest BCUT2D eigenvalue weighted by Crippen LogP contribution is -2.10. The minimum Gasteiger partial charge on any atom is -0.493 e. The highest BCUT2D eigenvalue weighted by Gasteiger charge is 2.29. The highest BCUT2D eigenvalue weighted by atomic mass is 19.4. The molecule has 17 heavy (non-hydrogen) atoms. The fraction of sp³-hybridized carbons (Fsp3) is 0.538. The Morgan fingerprint density at radius 1 is 1.06 bits per heavy atom. The molecule has 0 unspecified atom stereocenters. The first-order valence-corrected chi connectivity index (χ1v) is 5.77. The number of ether oxygens (including phenoxy) is 1. The van der Waals surface area contributed by atoms with Crippen LogP contribution in [0.25, 0.3) is 0 Å². The van der Waals surface area contributed by atoms with Crippen molar-refractivity contribution in [1.29, 1.82) is 0 Å². The lowest BCUT2D eigenvalue weighted by Gasteiger charge is -2.14. The van der Waals surface area contributed by atoms with E-state index in [9.17, 15) is 13.2 Å². The van der Waals surface area contributed by atoms with Crippen molar-refractivity contribution in [3.8, 4) is 5.75 Å². The van der Waals surface area contributed by atoms with E-state index in [0.717, 1.165) is 25.0 Å². The van der Waals surface area contributed by atoms with Crippen LogP contribution in [-0.4, -0.2) is 6.61 Å². The summed E-state index contributed by atoms with van der Waals surface area (Å²) >= 11 is 0. The Balaban J connectivity index is 2.57. The summed E-state index contributed by atoms with van der Waals surface area (Å²) in [7, 11) is 0. The lowest BCUT2D eigenvalue weighted by atomic mass is 10.1. The topological polar surface area (TPSA) is 9.23 Å². The Bertz CT molecular complexity index is 326. The number of hydrogen-bond acceptors (Lipinski definition) is 1. The molecule has 1 rings (SSSR count). The van der Waals surface area contributed by atoms with Gasteiger partial charge < -0.3 is 4.74 Å². The molecule has 0 atom stereocenters. The van der Waals surface area contributed by atoms with Gasteiger partial charge >= 0.3 is 6.18 Å². The predicted molar refractivity (Wildman–Crippen MR) is 61.0 cm³/mol. The third kappa shape index (κ3) is 4.29. The summed E-state index contributed by atoms with van der Waals surface area (Å²) < 4.78 is 42.4. The molecule has 0 aliphatic carbocycles. The van der Waals surface area contributed by atoms with Gasteiger partial charge in [0.1, 0.15) is 5.75 Å². The highest BCUT2D eigenvalue weighted by Crippen LogP contribution is 2.30. The molecule has 0 spiro atoms. The standard InChI is InChI=1S/C13H17F3O/c1-3-10(4-2)9-17-12-7-5-11(6-8-12)13(14,15)16/h5-8,10H,3-4,9H2,1-2H3. The molecule has 0 N–H and O–H groups in total. The van der Waals surface area contributed by atoms with Crippen LogP contribution in [-0.2, 0) is 6.18 Å². The minimum atomic E-state index is -4.28. The van der Waals surface area contributed by atoms with Crippen LogP contribution in [0.5, 0.6) is 5.75 Å². The zero-order chi connectivity index (χ0) is 12.9. The molecule has 0 aliphatic rings. The maximum atomic E-state index is 12.3. The first-order valence-electron chi connectivity index (χ1n) is 5.77. The van der Waals surface area contributed by atoms with E-state index in [1.165, 1.54) is 12.1 Å². The van der Waals surface area contributed by atoms with Crippen molar-refractivity contribution in [2.45, 2.75) is 32.9 Å². The average Bonchev–Trinajstić information content (AvgIpc) is 2.30. The Kier molecular flexibility index (Phi) is 4.85. The van der Waals surface area contributed by atoms with Crippen LogP contribution in [0.2, 0.25) is 0 Å². The second-order valence-electron chi connectivity index (χ2n) is 4.02. The van der Waals surface area contributed by atoms with E-state index >= 15 is 0 Å². The van der Waals surface area contributed by atoms with E-state index < -0.39 is 11.7 Å². The zero-order valence-electron chi connectivity index (χ0n) is 10.1. The molecule has 1 nitrogen and oxygen atoms in total. The fourth-order valence-electron chi connectivity index (χ4n) is 1.48. The van der Waals surface area contributed by atoms with Crippen LogP contribution in [0.4, 0.5) is 13.2 Å². The van der Waals surface area contributed by atoms with Gasteiger partial charge in [0.25, 0.3) is 0 Å². The van der Waals surface area contributed by atoms with Crippen LogP contribution in [0.1, 0.15) is 32.3 Å². The SMILES string of the molecule is CCC(CC)COc1ccc(C(F)(F)F)cc1. The molecule has 0 saturated carbocycles. The smallest absolute Gasteiger partial charge is 0.416 e. The second kappa shape index (κ2) is 5.94. The Labute approximate surface area is 99.6 Å². The van der Waals surface area contributed by atoms with Crippen LogP contribution in [0.3, 0.4) is 0 Å². The molecule has 0 bridgehead atoms. The molecule has 0 aromatic heterocycles. The van der Waals surface area contributed by atoms with Crippen molar-refractivity contribution in [3.63, 3.8) is 0 Å². The summed E-state index contributed by atoms with van der Waals surface area (Å²) in [6.45, 7) is 4.70. The van der Waals surface area contributed by atoms with Crippen LogP contribution >= 0.6 is 0 Å². The average molecular weight is 246 g/mol. The van der Waals surface area contributed by atoms with E-state index in [1.807, 2.05) is 0 Å². The molecule has 4 heteroatoms. The van der Waals surface area contributed by atoms with Crippen molar-refractivity contribution in [2.75, 3.05) is 6.61 Å². The van der Waals surface area contributed by atoms with Crippen molar-refractivity contribution >= 4 is 0 Å². The number of rotatable bonds is 5. The van der Waals surface area contributed by atoms with E-state index in [-0.39, 0.29) is 0 Å². The van der Waals surface area contributed by atoms with Crippen LogP contribution < -0.4 is 4.74 Å². The fourth-order valence-corrected chi connectivity index (χ4v) is 1.48. The van der Waals surface area contributed by atoms with Crippen molar-refractivity contribution in [2.24, 2.45) is 5.92 Å². The predicted octanol–water partition coefficient (Wildman–Crippen LogP) is 4.52. The minimum absolute atomic E-state index is 0.456. The van der Waals surface area contributed by atoms with Gasteiger partial charge in [0.15, 0.2) is 0 Å². The third-order valence-electron chi connectivity index (χ3n) is 2.82. The van der Waals surface area contributed by atoms with Crippen molar-refractivity contribution < 1.29 is 17.9 Å². The maximum absolute atomic E-state index is 12.3. The molecule has 96 valence electrons. The maximum Gasteiger partial charge on any atom is 0.416 e. The van der Waals surface area contributed by atoms with Crippen molar-refractivity contribution in [3.05, 3.63) is 29.8 Å². The summed E-state index contributed by atoms with van der Waals surface area (Å²) in [4.78, 5) is 0.